The molecule has 0 heterocycles. The lowest BCUT2D eigenvalue weighted by Crippen LogP contribution is -2.76. The van der Waals surface area contributed by atoms with Crippen LogP contribution in [0.15, 0.2) is 0 Å². The largest absolute Gasteiger partial charge is 0.460 e. The SMILES string of the molecule is [O]C(F)(F)C(F)(F)C(F)(F)C(F)(F)C(F)(F)C(F)(F)C(F)(F)C(F)(F)C(F)(F)C(F)(F)F. The van der Waals surface area contributed by atoms with Gasteiger partial charge < -0.3 is 0 Å². The molecule has 0 aromatic heterocycles. The number of hydrogen-bond acceptors (Lipinski definition) is 0. The quantitative estimate of drug-likeness (QED) is 0.311. The van der Waals surface area contributed by atoms with Gasteiger partial charge in [0, 0.05) is 0 Å². The fourth-order valence-corrected chi connectivity index (χ4v) is 1.54. The lowest BCUT2D eigenvalue weighted by Gasteiger charge is -2.43. The lowest BCUT2D eigenvalue weighted by molar-refractivity contribution is -0.486. The van der Waals surface area contributed by atoms with Crippen LogP contribution in [0.2, 0.25) is 0 Å². The predicted molar refractivity (Wildman–Crippen MR) is 51.3 cm³/mol. The average Bonchev–Trinajstić information content (AvgIpc) is 2.51. The molecule has 0 N–H and O–H groups in total. The van der Waals surface area contributed by atoms with Crippen LogP contribution in [0.3, 0.4) is 0 Å². The van der Waals surface area contributed by atoms with Crippen molar-refractivity contribution in [3.8, 4) is 0 Å². The topological polar surface area (TPSA) is 19.9 Å². The van der Waals surface area contributed by atoms with Crippen molar-refractivity contribution in [2.24, 2.45) is 0 Å². The van der Waals surface area contributed by atoms with Crippen molar-refractivity contribution in [1.82, 2.24) is 0 Å². The van der Waals surface area contributed by atoms with Gasteiger partial charge in [-0.15, -0.1) is 0 Å². The molecule has 0 bridgehead atoms. The molecule has 0 atom stereocenters. The Balaban J connectivity index is 7.00. The standard InChI is InChI=1S/C10F21O/c11-1(12,3(15,16)5(19,20)7(23,24)9(27,28)29)2(13,14)4(17,18)6(21,22)8(25,26)10(30,31)32. The Hall–Kier alpha value is -1.51. The van der Waals surface area contributed by atoms with E-state index in [9.17, 15) is 97.3 Å². The fraction of sp³-hybridized carbons (Fsp3) is 1.00. The molecule has 1 nitrogen and oxygen atoms in total. The highest BCUT2D eigenvalue weighted by atomic mass is 19.4. The molecular formula is C10F21O. The predicted octanol–water partition coefficient (Wildman–Crippen LogP) is 6.65. The van der Waals surface area contributed by atoms with E-state index in [4.69, 9.17) is 0 Å². The first-order valence-corrected chi connectivity index (χ1v) is 6.42. The van der Waals surface area contributed by atoms with Gasteiger partial charge in [-0.25, -0.2) is 0 Å². The summed E-state index contributed by atoms with van der Waals surface area (Å²) in [6.07, 6.45) is -15.8. The molecule has 0 spiro atoms. The summed E-state index contributed by atoms with van der Waals surface area (Å²) in [7, 11) is 0. The minimum atomic E-state index is -9.22. The second kappa shape index (κ2) is 7.00. The van der Waals surface area contributed by atoms with E-state index in [-0.39, 0.29) is 0 Å². The van der Waals surface area contributed by atoms with Gasteiger partial charge in [0.25, 0.3) is 0 Å². The van der Waals surface area contributed by atoms with E-state index in [1.54, 1.807) is 0 Å². The van der Waals surface area contributed by atoms with Crippen molar-refractivity contribution in [2.45, 2.75) is 59.7 Å². The molecule has 1 radical (unpaired) electrons. The van der Waals surface area contributed by atoms with E-state index >= 15 is 0 Å². The highest BCUT2D eigenvalue weighted by Gasteiger charge is 2.98. The van der Waals surface area contributed by atoms with Crippen LogP contribution in [0, 0.1) is 0 Å². The molecule has 0 aromatic carbocycles. The van der Waals surface area contributed by atoms with E-state index < -0.39 is 59.7 Å². The second-order valence-electron chi connectivity index (χ2n) is 5.61. The third-order valence-corrected chi connectivity index (χ3v) is 3.48. The average molecular weight is 535 g/mol. The van der Waals surface area contributed by atoms with Gasteiger partial charge in [0.05, 0.1) is 0 Å². The van der Waals surface area contributed by atoms with E-state index in [0.717, 1.165) is 0 Å². The Morgan fingerprint density at radius 3 is 0.562 bits per heavy atom. The maximum atomic E-state index is 13.1. The molecule has 0 fully saturated rings. The molecule has 0 aliphatic heterocycles. The van der Waals surface area contributed by atoms with E-state index in [2.05, 4.69) is 0 Å². The van der Waals surface area contributed by atoms with Crippen molar-refractivity contribution < 1.29 is 97.3 Å². The molecule has 0 aliphatic carbocycles. The first kappa shape index (κ1) is 30.5. The van der Waals surface area contributed by atoms with Crippen LogP contribution in [0.1, 0.15) is 0 Å². The van der Waals surface area contributed by atoms with Crippen molar-refractivity contribution in [2.75, 3.05) is 0 Å². The van der Waals surface area contributed by atoms with Gasteiger partial charge in [-0.05, 0) is 0 Å². The fourth-order valence-electron chi connectivity index (χ4n) is 1.54. The maximum absolute atomic E-state index is 13.1. The monoisotopic (exact) mass is 535 g/mol. The van der Waals surface area contributed by atoms with Crippen molar-refractivity contribution in [1.29, 1.82) is 0 Å². The summed E-state index contributed by atoms with van der Waals surface area (Å²) in [6, 6.07) is 0. The number of hydrogen-bond donors (Lipinski definition) is 0. The first-order valence-electron chi connectivity index (χ1n) is 6.42. The Kier molecular flexibility index (Phi) is 6.67. The summed E-state index contributed by atoms with van der Waals surface area (Å²) in [5.74, 6) is -71.2. The van der Waals surface area contributed by atoms with Crippen LogP contribution >= 0.6 is 0 Å². The molecule has 0 saturated carbocycles. The van der Waals surface area contributed by atoms with Gasteiger partial charge in [-0.1, -0.05) is 0 Å². The normalized spacial score (nSPS) is 17.1. The zero-order chi connectivity index (χ0) is 27.0. The van der Waals surface area contributed by atoms with Crippen LogP contribution < -0.4 is 0 Å². The van der Waals surface area contributed by atoms with Crippen LogP contribution in [-0.4, -0.2) is 59.7 Å². The third-order valence-electron chi connectivity index (χ3n) is 3.48. The van der Waals surface area contributed by atoms with Gasteiger partial charge in [-0.3, -0.25) is 0 Å². The summed E-state index contributed by atoms with van der Waals surface area (Å²) in [5.41, 5.74) is 0. The number of alkyl halides is 21. The molecule has 0 rings (SSSR count). The van der Waals surface area contributed by atoms with Crippen molar-refractivity contribution >= 4 is 0 Å². The molecule has 193 valence electrons. The highest BCUT2D eigenvalue weighted by molar-refractivity contribution is 5.17. The summed E-state index contributed by atoms with van der Waals surface area (Å²) in [6.45, 7) is 0. The van der Waals surface area contributed by atoms with Crippen LogP contribution in [-0.2, 0) is 5.11 Å². The summed E-state index contributed by atoms with van der Waals surface area (Å²) in [4.78, 5) is 0. The second-order valence-corrected chi connectivity index (χ2v) is 5.61. The van der Waals surface area contributed by atoms with E-state index in [0.29, 0.717) is 0 Å². The summed E-state index contributed by atoms with van der Waals surface area (Å²) in [5, 5.41) is 9.57. The minimum Gasteiger partial charge on any atom is -0.192 e. The van der Waals surface area contributed by atoms with Crippen LogP contribution in [0.5, 0.6) is 0 Å². The Bertz CT molecular complexity index is 632. The molecule has 0 aliphatic rings. The van der Waals surface area contributed by atoms with Crippen molar-refractivity contribution in [3.63, 3.8) is 0 Å². The Morgan fingerprint density at radius 1 is 0.250 bits per heavy atom. The summed E-state index contributed by atoms with van der Waals surface area (Å²) < 4.78 is 265. The van der Waals surface area contributed by atoms with E-state index in [1.807, 2.05) is 0 Å². The van der Waals surface area contributed by atoms with Crippen LogP contribution in [0.4, 0.5) is 92.2 Å². The minimum absolute atomic E-state index is 7.78. The number of halogens is 21. The smallest absolute Gasteiger partial charge is 0.192 e. The molecular weight excluding hydrogens is 535 g/mol. The first-order chi connectivity index (χ1) is 13.2. The number of rotatable bonds is 8. The highest BCUT2D eigenvalue weighted by Crippen LogP contribution is 2.66. The zero-order valence-electron chi connectivity index (χ0n) is 13.3. The molecule has 22 heteroatoms. The third kappa shape index (κ3) is 3.41. The zero-order valence-corrected chi connectivity index (χ0v) is 13.3. The lowest BCUT2D eigenvalue weighted by atomic mass is 9.87. The van der Waals surface area contributed by atoms with Gasteiger partial charge in [0.2, 0.25) is 0 Å². The van der Waals surface area contributed by atoms with Crippen LogP contribution in [0.25, 0.3) is 0 Å². The molecule has 0 amide bonds. The molecule has 32 heavy (non-hydrogen) atoms. The van der Waals surface area contributed by atoms with Gasteiger partial charge >= 0.3 is 59.7 Å². The van der Waals surface area contributed by atoms with Gasteiger partial charge in [-0.2, -0.15) is 97.3 Å². The molecule has 0 saturated heterocycles. The Morgan fingerprint density at radius 2 is 0.406 bits per heavy atom. The van der Waals surface area contributed by atoms with Gasteiger partial charge in [0.15, 0.2) is 0 Å². The Labute approximate surface area is 158 Å². The summed E-state index contributed by atoms with van der Waals surface area (Å²) >= 11 is 0. The maximum Gasteiger partial charge on any atom is 0.460 e. The molecule has 0 aromatic rings. The molecule has 0 unspecified atom stereocenters. The van der Waals surface area contributed by atoms with E-state index in [1.165, 1.54) is 0 Å². The van der Waals surface area contributed by atoms with Crippen molar-refractivity contribution in [3.05, 3.63) is 0 Å². The van der Waals surface area contributed by atoms with Gasteiger partial charge in [0.1, 0.15) is 0 Å².